The third kappa shape index (κ3) is 6.70. The zero-order chi connectivity index (χ0) is 18.8. The molecule has 0 amide bonds. The van der Waals surface area contributed by atoms with Gasteiger partial charge in [-0.05, 0) is 48.5 Å². The Morgan fingerprint density at radius 3 is 1.73 bits per heavy atom. The van der Waals surface area contributed by atoms with Gasteiger partial charge in [-0.25, -0.2) is 0 Å². The molecule has 0 bridgehead atoms. The number of nitrogens with one attached hydrogen (secondary N) is 3. The summed E-state index contributed by atoms with van der Waals surface area (Å²) >= 11 is 0. The third-order valence-corrected chi connectivity index (χ3v) is 3.29. The number of nitrogen functional groups attached to an aromatic ring is 1. The summed E-state index contributed by atoms with van der Waals surface area (Å²) in [5, 5.41) is 17.2. The lowest BCUT2D eigenvalue weighted by atomic mass is 10.2. The van der Waals surface area contributed by atoms with E-state index in [4.69, 9.17) is 36.5 Å². The summed E-state index contributed by atoms with van der Waals surface area (Å²) < 4.78 is 16.5. The van der Waals surface area contributed by atoms with E-state index in [9.17, 15) is 0 Å². The number of anilines is 1. The maximum atomic E-state index is 7.33. The Bertz CT molecular complexity index is 717. The standard InChI is InChI=1S/C18H23N5O3/c19-17(20)13-1-5-15(6-2-13)25-11-9-24-10-12-26-16-7-3-14(4-8-16)23-18(21)22/h1-8H,9-12H2,(H3,19,20)(H4,21,22,23). The predicted octanol–water partition coefficient (Wildman–Crippen LogP) is 1.75. The Labute approximate surface area is 152 Å². The number of amidine groups is 1. The van der Waals surface area contributed by atoms with Gasteiger partial charge in [-0.15, -0.1) is 0 Å². The van der Waals surface area contributed by atoms with Crippen molar-refractivity contribution >= 4 is 17.5 Å². The molecule has 0 saturated heterocycles. The van der Waals surface area contributed by atoms with Crippen LogP contribution in [0.3, 0.4) is 0 Å². The van der Waals surface area contributed by atoms with Gasteiger partial charge in [0.05, 0.1) is 13.2 Å². The molecule has 2 aromatic rings. The van der Waals surface area contributed by atoms with Crippen LogP contribution in [0.2, 0.25) is 0 Å². The van der Waals surface area contributed by atoms with E-state index in [2.05, 4.69) is 5.32 Å². The van der Waals surface area contributed by atoms with Crippen LogP contribution in [0.25, 0.3) is 0 Å². The molecule has 2 aromatic carbocycles. The van der Waals surface area contributed by atoms with Crippen LogP contribution in [0.15, 0.2) is 48.5 Å². The number of benzene rings is 2. The molecule has 0 aliphatic heterocycles. The lowest BCUT2D eigenvalue weighted by Crippen LogP contribution is -2.20. The highest BCUT2D eigenvalue weighted by Gasteiger charge is 1.99. The Morgan fingerprint density at radius 2 is 1.27 bits per heavy atom. The minimum Gasteiger partial charge on any atom is -0.491 e. The molecule has 0 radical (unpaired) electrons. The number of hydrogen-bond donors (Lipinski definition) is 5. The van der Waals surface area contributed by atoms with Crippen molar-refractivity contribution in [2.24, 2.45) is 11.5 Å². The van der Waals surface area contributed by atoms with Crippen molar-refractivity contribution in [3.8, 4) is 11.5 Å². The fourth-order valence-electron chi connectivity index (χ4n) is 2.06. The number of rotatable bonds is 10. The van der Waals surface area contributed by atoms with E-state index < -0.39 is 0 Å². The Hall–Kier alpha value is -3.26. The average Bonchev–Trinajstić information content (AvgIpc) is 2.62. The van der Waals surface area contributed by atoms with Gasteiger partial charge in [0.25, 0.3) is 0 Å². The largest absolute Gasteiger partial charge is 0.491 e. The summed E-state index contributed by atoms with van der Waals surface area (Å²) in [5.74, 6) is 1.34. The summed E-state index contributed by atoms with van der Waals surface area (Å²) in [4.78, 5) is 0. The van der Waals surface area contributed by atoms with Gasteiger partial charge in [-0.3, -0.25) is 10.8 Å². The smallest absolute Gasteiger partial charge is 0.190 e. The molecule has 0 aliphatic carbocycles. The van der Waals surface area contributed by atoms with E-state index >= 15 is 0 Å². The van der Waals surface area contributed by atoms with Crippen molar-refractivity contribution in [2.45, 2.75) is 0 Å². The second-order valence-electron chi connectivity index (χ2n) is 5.31. The molecule has 0 atom stereocenters. The van der Waals surface area contributed by atoms with Crippen molar-refractivity contribution in [1.82, 2.24) is 0 Å². The second-order valence-corrected chi connectivity index (χ2v) is 5.31. The quantitative estimate of drug-likeness (QED) is 0.249. The zero-order valence-corrected chi connectivity index (χ0v) is 14.3. The molecular formula is C18H23N5O3. The highest BCUT2D eigenvalue weighted by atomic mass is 16.5. The van der Waals surface area contributed by atoms with Crippen LogP contribution in [0.4, 0.5) is 5.69 Å². The molecule has 0 saturated carbocycles. The summed E-state index contributed by atoms with van der Waals surface area (Å²) in [6.07, 6.45) is 0. The maximum Gasteiger partial charge on any atom is 0.190 e. The Morgan fingerprint density at radius 1 is 0.769 bits per heavy atom. The van der Waals surface area contributed by atoms with E-state index in [1.165, 1.54) is 0 Å². The number of hydrogen-bond acceptors (Lipinski definition) is 5. The monoisotopic (exact) mass is 357 g/mol. The molecule has 26 heavy (non-hydrogen) atoms. The number of ether oxygens (including phenoxy) is 3. The van der Waals surface area contributed by atoms with Gasteiger partial charge in [0.15, 0.2) is 5.96 Å². The molecule has 2 rings (SSSR count). The van der Waals surface area contributed by atoms with Crippen LogP contribution < -0.4 is 26.3 Å². The normalized spacial score (nSPS) is 10.2. The molecule has 138 valence electrons. The predicted molar refractivity (Wildman–Crippen MR) is 101 cm³/mol. The zero-order valence-electron chi connectivity index (χ0n) is 14.3. The highest BCUT2D eigenvalue weighted by molar-refractivity contribution is 5.94. The summed E-state index contributed by atoms with van der Waals surface area (Å²) in [6.45, 7) is 1.73. The molecule has 0 aliphatic rings. The first-order valence-corrected chi connectivity index (χ1v) is 8.03. The highest BCUT2D eigenvalue weighted by Crippen LogP contribution is 2.15. The van der Waals surface area contributed by atoms with Crippen LogP contribution in [0.5, 0.6) is 11.5 Å². The maximum absolute atomic E-state index is 7.33. The van der Waals surface area contributed by atoms with Crippen LogP contribution >= 0.6 is 0 Å². The van der Waals surface area contributed by atoms with Gasteiger partial charge in [0.1, 0.15) is 30.5 Å². The Balaban J connectivity index is 1.56. The number of nitrogens with two attached hydrogens (primary N) is 2. The molecule has 0 heterocycles. The topological polar surface area (TPSA) is 139 Å². The number of guanidine groups is 1. The van der Waals surface area contributed by atoms with Crippen LogP contribution in [0, 0.1) is 10.8 Å². The van der Waals surface area contributed by atoms with Gasteiger partial charge in [0, 0.05) is 11.3 Å². The molecule has 0 spiro atoms. The van der Waals surface area contributed by atoms with Gasteiger partial charge >= 0.3 is 0 Å². The molecule has 0 unspecified atom stereocenters. The van der Waals surface area contributed by atoms with Crippen LogP contribution in [0.1, 0.15) is 5.56 Å². The van der Waals surface area contributed by atoms with Gasteiger partial charge < -0.3 is 31.0 Å². The van der Waals surface area contributed by atoms with Crippen molar-refractivity contribution in [2.75, 3.05) is 31.7 Å². The average molecular weight is 357 g/mol. The van der Waals surface area contributed by atoms with Crippen LogP contribution in [-0.2, 0) is 4.74 Å². The first-order valence-electron chi connectivity index (χ1n) is 8.03. The lowest BCUT2D eigenvalue weighted by Gasteiger charge is -2.09. The second kappa shape index (κ2) is 9.90. The molecule has 0 fully saturated rings. The van der Waals surface area contributed by atoms with E-state index in [1.54, 1.807) is 48.5 Å². The molecule has 7 N–H and O–H groups in total. The van der Waals surface area contributed by atoms with Crippen molar-refractivity contribution in [1.29, 1.82) is 10.8 Å². The lowest BCUT2D eigenvalue weighted by molar-refractivity contribution is 0.0764. The first-order chi connectivity index (χ1) is 12.5. The summed E-state index contributed by atoms with van der Waals surface area (Å²) in [7, 11) is 0. The van der Waals surface area contributed by atoms with E-state index in [0.717, 1.165) is 5.69 Å². The van der Waals surface area contributed by atoms with E-state index in [1.807, 2.05) is 0 Å². The minimum atomic E-state index is -0.107. The first kappa shape index (κ1) is 19.1. The van der Waals surface area contributed by atoms with E-state index in [0.29, 0.717) is 43.5 Å². The Kier molecular flexibility index (Phi) is 7.26. The third-order valence-electron chi connectivity index (χ3n) is 3.29. The van der Waals surface area contributed by atoms with Gasteiger partial charge in [0.2, 0.25) is 0 Å². The van der Waals surface area contributed by atoms with Crippen molar-refractivity contribution in [3.63, 3.8) is 0 Å². The summed E-state index contributed by atoms with van der Waals surface area (Å²) in [5.41, 5.74) is 12.0. The van der Waals surface area contributed by atoms with Crippen LogP contribution in [-0.4, -0.2) is 38.2 Å². The molecular weight excluding hydrogens is 334 g/mol. The molecule has 8 nitrogen and oxygen atoms in total. The molecule has 0 aromatic heterocycles. The minimum absolute atomic E-state index is 0.0321. The van der Waals surface area contributed by atoms with Gasteiger partial charge in [-0.1, -0.05) is 0 Å². The molecule has 8 heteroatoms. The fourth-order valence-corrected chi connectivity index (χ4v) is 2.06. The summed E-state index contributed by atoms with van der Waals surface area (Å²) in [6, 6.07) is 14.2. The van der Waals surface area contributed by atoms with Crippen molar-refractivity contribution < 1.29 is 14.2 Å². The SMILES string of the molecule is N=C(N)Nc1ccc(OCCOCCOc2ccc(C(=N)N)cc2)cc1. The van der Waals surface area contributed by atoms with Gasteiger partial charge in [-0.2, -0.15) is 0 Å². The van der Waals surface area contributed by atoms with E-state index in [-0.39, 0.29) is 11.8 Å². The fraction of sp³-hybridized carbons (Fsp3) is 0.222. The van der Waals surface area contributed by atoms with Crippen molar-refractivity contribution in [3.05, 3.63) is 54.1 Å².